The molecule has 0 aromatic carbocycles. The molecule has 1 saturated carbocycles. The smallest absolute Gasteiger partial charge is 0.226 e. The van der Waals surface area contributed by atoms with Gasteiger partial charge in [-0.3, -0.25) is 14.9 Å². The summed E-state index contributed by atoms with van der Waals surface area (Å²) >= 11 is 0. The predicted octanol–water partition coefficient (Wildman–Crippen LogP) is 2.66. The number of carbonyl (C=O) groups is 1. The third kappa shape index (κ3) is 2.40. The Morgan fingerprint density at radius 1 is 1.27 bits per heavy atom. The molecule has 0 unspecified atom stereocenters. The van der Waals surface area contributed by atoms with Crippen LogP contribution in [-0.4, -0.2) is 32.5 Å². The number of hydrogen-bond acceptors (Lipinski definition) is 3. The minimum Gasteiger partial charge on any atom is -0.335 e. The molecule has 1 aliphatic carbocycles. The number of pyridine rings is 1. The second kappa shape index (κ2) is 5.55. The Labute approximate surface area is 129 Å². The van der Waals surface area contributed by atoms with Gasteiger partial charge in [0.2, 0.25) is 5.91 Å². The van der Waals surface area contributed by atoms with Gasteiger partial charge in [-0.1, -0.05) is 6.07 Å². The van der Waals surface area contributed by atoms with Crippen LogP contribution in [0.4, 0.5) is 0 Å². The first-order chi connectivity index (χ1) is 10.8. The summed E-state index contributed by atoms with van der Waals surface area (Å²) in [6.07, 6.45) is 11.7. The number of rotatable bonds is 3. The van der Waals surface area contributed by atoms with Crippen LogP contribution in [0.2, 0.25) is 0 Å². The molecule has 114 valence electrons. The molecule has 2 aromatic rings. The summed E-state index contributed by atoms with van der Waals surface area (Å²) in [5.74, 6) is 0.796. The number of nitrogens with one attached hydrogen (secondary N) is 1. The quantitative estimate of drug-likeness (QED) is 0.947. The second-order valence-electron chi connectivity index (χ2n) is 6.31. The van der Waals surface area contributed by atoms with Crippen LogP contribution < -0.4 is 0 Å². The number of H-pyrrole nitrogens is 1. The summed E-state index contributed by atoms with van der Waals surface area (Å²) in [7, 11) is 0. The number of hydrogen-bond donors (Lipinski definition) is 1. The van der Waals surface area contributed by atoms with Crippen molar-refractivity contribution < 1.29 is 4.79 Å². The minimum atomic E-state index is 0.136. The second-order valence-corrected chi connectivity index (χ2v) is 6.31. The molecule has 5 heteroatoms. The summed E-state index contributed by atoms with van der Waals surface area (Å²) in [6.45, 7) is 0.866. The Bertz CT molecular complexity index is 640. The zero-order valence-corrected chi connectivity index (χ0v) is 12.5. The van der Waals surface area contributed by atoms with Gasteiger partial charge in [0.15, 0.2) is 0 Å². The first-order valence-corrected chi connectivity index (χ1v) is 8.03. The van der Waals surface area contributed by atoms with Gasteiger partial charge in [0, 0.05) is 36.6 Å². The van der Waals surface area contributed by atoms with Gasteiger partial charge >= 0.3 is 0 Å². The Morgan fingerprint density at radius 3 is 3.00 bits per heavy atom. The molecule has 0 bridgehead atoms. The summed E-state index contributed by atoms with van der Waals surface area (Å²) in [5, 5.41) is 6.91. The molecule has 3 heterocycles. The number of likely N-dealkylation sites (tertiary alicyclic amines) is 1. The fourth-order valence-electron chi connectivity index (χ4n) is 3.63. The van der Waals surface area contributed by atoms with Crippen LogP contribution in [0.1, 0.15) is 48.8 Å². The van der Waals surface area contributed by atoms with Crippen LogP contribution in [0.5, 0.6) is 0 Å². The molecule has 2 fully saturated rings. The van der Waals surface area contributed by atoms with Gasteiger partial charge in [-0.25, -0.2) is 0 Å². The molecular formula is C17H20N4O. The highest BCUT2D eigenvalue weighted by Crippen LogP contribution is 2.49. The van der Waals surface area contributed by atoms with Gasteiger partial charge in [0.1, 0.15) is 0 Å². The van der Waals surface area contributed by atoms with E-state index in [1.807, 2.05) is 24.7 Å². The van der Waals surface area contributed by atoms with Crippen LogP contribution >= 0.6 is 0 Å². The van der Waals surface area contributed by atoms with E-state index in [9.17, 15) is 4.79 Å². The highest BCUT2D eigenvalue weighted by atomic mass is 16.2. The van der Waals surface area contributed by atoms with Crippen LogP contribution in [0.25, 0.3) is 0 Å². The number of piperidine rings is 1. The molecule has 2 aliphatic rings. The van der Waals surface area contributed by atoms with E-state index >= 15 is 0 Å². The highest BCUT2D eigenvalue weighted by molar-refractivity contribution is 5.83. The summed E-state index contributed by atoms with van der Waals surface area (Å²) < 4.78 is 0. The summed E-state index contributed by atoms with van der Waals surface area (Å²) in [4.78, 5) is 19.2. The first-order valence-electron chi connectivity index (χ1n) is 8.03. The molecule has 1 N–H and O–H groups in total. The zero-order chi connectivity index (χ0) is 14.9. The lowest BCUT2D eigenvalue weighted by Gasteiger charge is -2.35. The lowest BCUT2D eigenvalue weighted by atomic mass is 9.96. The predicted molar refractivity (Wildman–Crippen MR) is 82.0 cm³/mol. The largest absolute Gasteiger partial charge is 0.335 e. The van der Waals surface area contributed by atoms with E-state index in [-0.39, 0.29) is 12.0 Å². The van der Waals surface area contributed by atoms with E-state index in [0.29, 0.717) is 11.8 Å². The van der Waals surface area contributed by atoms with Gasteiger partial charge in [-0.15, -0.1) is 0 Å². The molecule has 2 aromatic heterocycles. The number of aromatic amines is 1. The number of amides is 1. The van der Waals surface area contributed by atoms with Gasteiger partial charge in [-0.2, -0.15) is 5.10 Å². The minimum absolute atomic E-state index is 0.136. The molecule has 1 amide bonds. The van der Waals surface area contributed by atoms with Crippen molar-refractivity contribution in [2.75, 3.05) is 6.54 Å². The van der Waals surface area contributed by atoms with Crippen LogP contribution in [-0.2, 0) is 4.79 Å². The standard InChI is InChI=1S/C17H20N4O/c22-17(15-8-14(15)12-4-3-6-18-9-12)21-7-2-1-5-16(21)13-10-19-20-11-13/h3-4,6,9-11,14-16H,1-2,5,7-8H2,(H,19,20)/t14-,15+,16-/m0/s1. The van der Waals surface area contributed by atoms with Gasteiger partial charge in [0.05, 0.1) is 12.2 Å². The van der Waals surface area contributed by atoms with Crippen LogP contribution in [0.3, 0.4) is 0 Å². The topological polar surface area (TPSA) is 61.9 Å². The van der Waals surface area contributed by atoms with Crippen molar-refractivity contribution in [3.63, 3.8) is 0 Å². The normalized spacial score (nSPS) is 27.6. The average molecular weight is 296 g/mol. The van der Waals surface area contributed by atoms with Crippen molar-refractivity contribution in [1.82, 2.24) is 20.1 Å². The fourth-order valence-corrected chi connectivity index (χ4v) is 3.63. The first kappa shape index (κ1) is 13.5. The van der Waals surface area contributed by atoms with E-state index in [4.69, 9.17) is 0 Å². The number of aromatic nitrogens is 3. The molecule has 3 atom stereocenters. The number of carbonyl (C=O) groups excluding carboxylic acids is 1. The molecule has 1 saturated heterocycles. The number of nitrogens with zero attached hydrogens (tertiary/aromatic N) is 3. The van der Waals surface area contributed by atoms with E-state index < -0.39 is 0 Å². The monoisotopic (exact) mass is 296 g/mol. The lowest BCUT2D eigenvalue weighted by Crippen LogP contribution is -2.39. The highest BCUT2D eigenvalue weighted by Gasteiger charge is 2.47. The third-order valence-electron chi connectivity index (χ3n) is 4.91. The van der Waals surface area contributed by atoms with Gasteiger partial charge < -0.3 is 4.90 Å². The van der Waals surface area contributed by atoms with Gasteiger partial charge in [-0.05, 0) is 43.2 Å². The van der Waals surface area contributed by atoms with E-state index in [1.54, 1.807) is 6.20 Å². The Morgan fingerprint density at radius 2 is 2.23 bits per heavy atom. The summed E-state index contributed by atoms with van der Waals surface area (Å²) in [6, 6.07) is 4.22. The van der Waals surface area contributed by atoms with E-state index in [2.05, 4.69) is 26.1 Å². The van der Waals surface area contributed by atoms with E-state index in [1.165, 1.54) is 12.0 Å². The molecule has 0 spiro atoms. The van der Waals surface area contributed by atoms with Crippen molar-refractivity contribution in [3.05, 3.63) is 48.0 Å². The van der Waals surface area contributed by atoms with Crippen LogP contribution in [0, 0.1) is 5.92 Å². The molecule has 22 heavy (non-hydrogen) atoms. The molecule has 1 aliphatic heterocycles. The fraction of sp³-hybridized carbons (Fsp3) is 0.471. The Balaban J connectivity index is 1.50. The molecule has 4 rings (SSSR count). The maximum Gasteiger partial charge on any atom is 0.226 e. The van der Waals surface area contributed by atoms with Crippen molar-refractivity contribution in [2.45, 2.75) is 37.6 Å². The van der Waals surface area contributed by atoms with Crippen molar-refractivity contribution in [1.29, 1.82) is 0 Å². The lowest BCUT2D eigenvalue weighted by molar-refractivity contribution is -0.136. The Kier molecular flexibility index (Phi) is 3.41. The van der Waals surface area contributed by atoms with Crippen molar-refractivity contribution >= 4 is 5.91 Å². The van der Waals surface area contributed by atoms with E-state index in [0.717, 1.165) is 31.4 Å². The van der Waals surface area contributed by atoms with Crippen molar-refractivity contribution in [2.24, 2.45) is 5.92 Å². The average Bonchev–Trinajstić information content (AvgIpc) is 3.20. The maximum absolute atomic E-state index is 12.9. The molecule has 0 radical (unpaired) electrons. The molecular weight excluding hydrogens is 276 g/mol. The van der Waals surface area contributed by atoms with Gasteiger partial charge in [0.25, 0.3) is 0 Å². The zero-order valence-electron chi connectivity index (χ0n) is 12.5. The summed E-state index contributed by atoms with van der Waals surface area (Å²) in [5.41, 5.74) is 2.32. The van der Waals surface area contributed by atoms with Crippen LogP contribution in [0.15, 0.2) is 36.9 Å². The van der Waals surface area contributed by atoms with Crippen molar-refractivity contribution in [3.8, 4) is 0 Å². The Hall–Kier alpha value is -2.17. The third-order valence-corrected chi connectivity index (χ3v) is 4.91. The SMILES string of the molecule is O=C([C@@H]1C[C@H]1c1cccnc1)N1CCCC[C@H]1c1cn[nH]c1. The molecule has 5 nitrogen and oxygen atoms in total. The maximum atomic E-state index is 12.9.